The average molecular weight is 532 g/mol. The van der Waals surface area contributed by atoms with Crippen molar-refractivity contribution in [1.82, 2.24) is 5.32 Å². The fourth-order valence-corrected chi connectivity index (χ4v) is 7.06. The number of nitrogens with zero attached hydrogens (tertiary/aromatic N) is 1. The van der Waals surface area contributed by atoms with E-state index in [-0.39, 0.29) is 23.8 Å². The van der Waals surface area contributed by atoms with Gasteiger partial charge in [0, 0.05) is 0 Å². The molecule has 1 aliphatic heterocycles. The molecule has 0 spiro atoms. The first-order valence-corrected chi connectivity index (χ1v) is 13.8. The van der Waals surface area contributed by atoms with E-state index in [0.29, 0.717) is 18.3 Å². The lowest BCUT2D eigenvalue weighted by atomic mass is 9.43. The molecule has 1 heterocycles. The summed E-state index contributed by atoms with van der Waals surface area (Å²) in [6.07, 6.45) is 3.61. The van der Waals surface area contributed by atoms with E-state index in [1.165, 1.54) is 18.2 Å². The van der Waals surface area contributed by atoms with Crippen LogP contribution < -0.4 is 10.2 Å². The Morgan fingerprint density at radius 1 is 1.21 bits per heavy atom. The van der Waals surface area contributed by atoms with Crippen LogP contribution >= 0.6 is 0 Å². The van der Waals surface area contributed by atoms with Crippen LogP contribution in [-0.2, 0) is 25.3 Å². The van der Waals surface area contributed by atoms with Crippen LogP contribution in [0.2, 0.25) is 0 Å². The van der Waals surface area contributed by atoms with Crippen LogP contribution in [0.15, 0.2) is 55.1 Å². The van der Waals surface area contributed by atoms with Crippen LogP contribution in [0.4, 0.5) is 10.1 Å². The number of carbonyl (C=O) groups is 2. The molecule has 1 N–H and O–H groups in total. The number of amides is 2. The fraction of sp³-hybridized carbons (Fsp3) is 0.484. The summed E-state index contributed by atoms with van der Waals surface area (Å²) in [7, 11) is -0.642. The van der Waals surface area contributed by atoms with Gasteiger partial charge in [-0.2, -0.15) is 0 Å². The van der Waals surface area contributed by atoms with Gasteiger partial charge in [-0.05, 0) is 86.6 Å². The molecule has 206 valence electrons. The Kier molecular flexibility index (Phi) is 7.23. The first-order valence-electron chi connectivity index (χ1n) is 13.8. The molecule has 6 rings (SSSR count). The summed E-state index contributed by atoms with van der Waals surface area (Å²) < 4.78 is 27.8. The van der Waals surface area contributed by atoms with Gasteiger partial charge in [0.1, 0.15) is 12.4 Å². The number of benzene rings is 2. The topological polar surface area (TPSA) is 67.9 Å². The van der Waals surface area contributed by atoms with Crippen molar-refractivity contribution < 1.29 is 23.3 Å². The van der Waals surface area contributed by atoms with Gasteiger partial charge in [0.05, 0.1) is 23.3 Å². The van der Waals surface area contributed by atoms with Crippen LogP contribution in [0.25, 0.3) is 0 Å². The molecule has 2 aromatic carbocycles. The van der Waals surface area contributed by atoms with E-state index in [0.717, 1.165) is 40.5 Å². The normalized spacial score (nSPS) is 27.2. The van der Waals surface area contributed by atoms with Gasteiger partial charge in [-0.3, -0.25) is 14.5 Å². The summed E-state index contributed by atoms with van der Waals surface area (Å²) >= 11 is 0. The van der Waals surface area contributed by atoms with Crippen LogP contribution in [-0.4, -0.2) is 43.1 Å². The van der Waals surface area contributed by atoms with Crippen LogP contribution in [0, 0.1) is 36.9 Å². The second-order valence-electron chi connectivity index (χ2n) is 12.2. The van der Waals surface area contributed by atoms with Crippen molar-refractivity contribution in [3.05, 3.63) is 77.6 Å². The zero-order chi connectivity index (χ0) is 28.1. The largest absolute Gasteiger partial charge is 0.482 e. The van der Waals surface area contributed by atoms with Crippen LogP contribution in [0.3, 0.4) is 0 Å². The van der Waals surface area contributed by atoms with E-state index in [1.807, 2.05) is 6.92 Å². The van der Waals surface area contributed by atoms with Crippen molar-refractivity contribution in [3.63, 3.8) is 0 Å². The molecule has 2 aromatic rings. The second kappa shape index (κ2) is 10.2. The highest BCUT2D eigenvalue weighted by Crippen LogP contribution is 2.65. The highest BCUT2D eigenvalue weighted by molar-refractivity contribution is 6.48. The molecule has 39 heavy (non-hydrogen) atoms. The van der Waals surface area contributed by atoms with E-state index in [2.05, 4.69) is 57.8 Å². The number of aryl methyl sites for hydroxylation is 2. The first-order chi connectivity index (χ1) is 18.4. The number of anilines is 1. The smallest absolute Gasteiger partial charge is 0.404 e. The molecule has 1 saturated heterocycles. The van der Waals surface area contributed by atoms with E-state index in [9.17, 15) is 14.0 Å². The molecule has 2 amide bonds. The summed E-state index contributed by atoms with van der Waals surface area (Å²) in [6, 6.07) is 12.1. The van der Waals surface area contributed by atoms with Crippen molar-refractivity contribution in [2.24, 2.45) is 17.3 Å². The van der Waals surface area contributed by atoms with E-state index >= 15 is 0 Å². The predicted molar refractivity (Wildman–Crippen MR) is 151 cm³/mol. The average Bonchev–Trinajstić information content (AvgIpc) is 3.25. The second-order valence-corrected chi connectivity index (χ2v) is 12.2. The zero-order valence-electron chi connectivity index (χ0n) is 23.5. The van der Waals surface area contributed by atoms with Crippen molar-refractivity contribution >= 4 is 24.6 Å². The summed E-state index contributed by atoms with van der Waals surface area (Å²) in [5, 5.41) is 3.08. The lowest BCUT2D eigenvalue weighted by Gasteiger charge is -2.64. The molecule has 8 heteroatoms. The summed E-state index contributed by atoms with van der Waals surface area (Å²) in [4.78, 5) is 27.2. The van der Waals surface area contributed by atoms with E-state index < -0.39 is 36.3 Å². The molecule has 0 radical (unpaired) electrons. The Morgan fingerprint density at radius 3 is 2.62 bits per heavy atom. The number of halogens is 1. The Labute approximate surface area is 231 Å². The standard InChI is InChI=1S/C31H38BFN2O4/c1-7-29(37)35(24-11-9-8-10-23(24)33)18-28(36)34-27(15-21-13-12-19(2)14-20(21)3)32-38-26-17-22-16-25(30(22,4)5)31(26,6)39-32/h7-14,22,25-27H,1,15-18H2,2-6H3,(H,34,36)/t22-,25-,26+,27-,31-/m0/s1. The van der Waals surface area contributed by atoms with Gasteiger partial charge in [0.15, 0.2) is 0 Å². The minimum absolute atomic E-state index is 0.0254. The van der Waals surface area contributed by atoms with E-state index in [4.69, 9.17) is 9.31 Å². The van der Waals surface area contributed by atoms with Crippen LogP contribution in [0.1, 0.15) is 50.3 Å². The maximum atomic E-state index is 14.6. The molecular weight excluding hydrogens is 494 g/mol. The summed E-state index contributed by atoms with van der Waals surface area (Å²) in [5.41, 5.74) is 3.16. The molecule has 0 unspecified atom stereocenters. The van der Waals surface area contributed by atoms with Gasteiger partial charge in [0.2, 0.25) is 5.91 Å². The maximum absolute atomic E-state index is 14.6. The number of hydrogen-bond donors (Lipinski definition) is 1. The molecule has 5 atom stereocenters. The summed E-state index contributed by atoms with van der Waals surface area (Å²) in [6.45, 7) is 14.0. The number of nitrogens with one attached hydrogen (secondary N) is 1. The number of hydrogen-bond acceptors (Lipinski definition) is 4. The van der Waals surface area contributed by atoms with Gasteiger partial charge >= 0.3 is 7.12 Å². The third kappa shape index (κ3) is 4.93. The molecule has 4 fully saturated rings. The van der Waals surface area contributed by atoms with Gasteiger partial charge in [-0.25, -0.2) is 4.39 Å². The number of rotatable bonds is 8. The number of para-hydroxylation sites is 1. The van der Waals surface area contributed by atoms with Gasteiger partial charge in [0.25, 0.3) is 5.91 Å². The molecule has 3 aliphatic carbocycles. The maximum Gasteiger partial charge on any atom is 0.482 e. The van der Waals surface area contributed by atoms with E-state index in [1.54, 1.807) is 6.07 Å². The number of carbonyl (C=O) groups excluding carboxylic acids is 2. The van der Waals surface area contributed by atoms with Crippen molar-refractivity contribution in [2.75, 3.05) is 11.4 Å². The molecule has 0 aromatic heterocycles. The van der Waals surface area contributed by atoms with Crippen molar-refractivity contribution in [3.8, 4) is 0 Å². The Morgan fingerprint density at radius 2 is 1.95 bits per heavy atom. The lowest BCUT2D eigenvalue weighted by Crippen LogP contribution is -2.65. The van der Waals surface area contributed by atoms with Gasteiger partial charge < -0.3 is 14.6 Å². The quantitative estimate of drug-likeness (QED) is 0.386. The van der Waals surface area contributed by atoms with Crippen molar-refractivity contribution in [1.29, 1.82) is 0 Å². The summed E-state index contributed by atoms with van der Waals surface area (Å²) in [5.74, 6) is -1.08. The minimum atomic E-state index is -0.642. The Hall–Kier alpha value is -2.97. The lowest BCUT2D eigenvalue weighted by molar-refractivity contribution is -0.199. The predicted octanol–water partition coefficient (Wildman–Crippen LogP) is 4.96. The van der Waals surface area contributed by atoms with Crippen molar-refractivity contribution in [2.45, 2.75) is 71.5 Å². The third-order valence-corrected chi connectivity index (χ3v) is 9.47. The molecule has 6 nitrogen and oxygen atoms in total. The third-order valence-electron chi connectivity index (χ3n) is 9.47. The Balaban J connectivity index is 1.40. The highest BCUT2D eigenvalue weighted by Gasteiger charge is 2.68. The molecule has 4 aliphatic rings. The van der Waals surface area contributed by atoms with Gasteiger partial charge in [-0.1, -0.05) is 56.3 Å². The minimum Gasteiger partial charge on any atom is -0.404 e. The first kappa shape index (κ1) is 27.6. The molecule has 2 bridgehead atoms. The Bertz CT molecular complexity index is 1300. The fourth-order valence-electron chi connectivity index (χ4n) is 7.06. The van der Waals surface area contributed by atoms with Crippen LogP contribution in [0.5, 0.6) is 0 Å². The molecule has 3 saturated carbocycles. The highest BCUT2D eigenvalue weighted by atomic mass is 19.1. The van der Waals surface area contributed by atoms with Gasteiger partial charge in [-0.15, -0.1) is 0 Å². The monoisotopic (exact) mass is 532 g/mol. The SMILES string of the molecule is C=CC(=O)N(CC(=O)N[C@@H](Cc1ccc(C)cc1C)B1O[C@@H]2C[C@@H]3C[C@@H](C3(C)C)[C@]2(C)O1)c1ccccc1F. The zero-order valence-corrected chi connectivity index (χ0v) is 23.5. The molecular formula is C31H38BFN2O4.